The molecule has 0 radical (unpaired) electrons. The number of nitro benzene ring substituents is 1. The van der Waals surface area contributed by atoms with Gasteiger partial charge in [0.15, 0.2) is 5.78 Å². The van der Waals surface area contributed by atoms with Gasteiger partial charge in [-0.3, -0.25) is 24.5 Å². The molecule has 0 bridgehead atoms. The van der Waals surface area contributed by atoms with Gasteiger partial charge >= 0.3 is 0 Å². The predicted octanol–water partition coefficient (Wildman–Crippen LogP) is 3.74. The van der Waals surface area contributed by atoms with Crippen LogP contribution in [0.4, 0.5) is 5.69 Å². The smallest absolute Gasteiger partial charge is 0.270 e. The Kier molecular flexibility index (Phi) is 5.44. The largest absolute Gasteiger partial charge is 0.299 e. The van der Waals surface area contributed by atoms with Gasteiger partial charge < -0.3 is 0 Å². The number of non-ortho nitro benzene ring substituents is 1. The summed E-state index contributed by atoms with van der Waals surface area (Å²) in [7, 11) is 0. The second-order valence-electron chi connectivity index (χ2n) is 5.49. The first-order valence-electron chi connectivity index (χ1n) is 7.32. The van der Waals surface area contributed by atoms with Crippen LogP contribution >= 0.6 is 11.6 Å². The van der Waals surface area contributed by atoms with Gasteiger partial charge in [-0.2, -0.15) is 0 Å². The van der Waals surface area contributed by atoms with E-state index in [2.05, 4.69) is 0 Å². The number of rotatable bonds is 6. The van der Waals surface area contributed by atoms with Crippen LogP contribution in [-0.4, -0.2) is 22.3 Å². The summed E-state index contributed by atoms with van der Waals surface area (Å²) in [5.41, 5.74) is -0.130. The van der Waals surface area contributed by atoms with E-state index in [1.54, 1.807) is 12.1 Å². The second kappa shape index (κ2) is 7.36. The van der Waals surface area contributed by atoms with Crippen LogP contribution in [0, 0.1) is 10.1 Å². The number of carbonyl (C=O) groups excluding carboxylic acids is 3. The fourth-order valence-electron chi connectivity index (χ4n) is 2.62. The van der Waals surface area contributed by atoms with Gasteiger partial charge in [0.05, 0.1) is 9.95 Å². The van der Waals surface area contributed by atoms with Gasteiger partial charge in [-0.05, 0) is 31.5 Å². The minimum atomic E-state index is -1.16. The van der Waals surface area contributed by atoms with Crippen molar-refractivity contribution in [3.8, 4) is 0 Å². The average molecular weight is 360 g/mol. The van der Waals surface area contributed by atoms with Crippen molar-refractivity contribution in [2.75, 3.05) is 0 Å². The zero-order valence-corrected chi connectivity index (χ0v) is 14.2. The van der Waals surface area contributed by atoms with Crippen LogP contribution in [0.5, 0.6) is 0 Å². The molecule has 0 aliphatic carbocycles. The van der Waals surface area contributed by atoms with E-state index in [1.165, 1.54) is 32.0 Å². The van der Waals surface area contributed by atoms with E-state index in [0.29, 0.717) is 0 Å². The van der Waals surface area contributed by atoms with Gasteiger partial charge in [0, 0.05) is 23.3 Å². The monoisotopic (exact) mass is 359 g/mol. The molecule has 0 saturated carbocycles. The summed E-state index contributed by atoms with van der Waals surface area (Å²) >= 11 is 6.04. The minimum absolute atomic E-state index is 0.0855. The molecule has 0 amide bonds. The highest BCUT2D eigenvalue weighted by atomic mass is 35.5. The molecule has 7 heteroatoms. The molecule has 25 heavy (non-hydrogen) atoms. The predicted molar refractivity (Wildman–Crippen MR) is 92.1 cm³/mol. The lowest BCUT2D eigenvalue weighted by Gasteiger charge is -2.15. The molecule has 0 spiro atoms. The van der Waals surface area contributed by atoms with E-state index in [0.717, 1.165) is 12.1 Å². The van der Waals surface area contributed by atoms with E-state index in [9.17, 15) is 24.5 Å². The first-order chi connectivity index (χ1) is 11.7. The van der Waals surface area contributed by atoms with Crippen LogP contribution in [0.3, 0.4) is 0 Å². The summed E-state index contributed by atoms with van der Waals surface area (Å²) in [6, 6.07) is 9.74. The maximum absolute atomic E-state index is 12.9. The summed E-state index contributed by atoms with van der Waals surface area (Å²) in [6.07, 6.45) is 0. The minimum Gasteiger partial charge on any atom is -0.299 e. The lowest BCUT2D eigenvalue weighted by molar-refractivity contribution is -0.384. The van der Waals surface area contributed by atoms with Crippen LogP contribution in [0.2, 0.25) is 5.02 Å². The summed E-state index contributed by atoms with van der Waals surface area (Å²) in [5.74, 6) is -2.65. The molecule has 2 aromatic carbocycles. The summed E-state index contributed by atoms with van der Waals surface area (Å²) in [4.78, 5) is 47.1. The van der Waals surface area contributed by atoms with E-state index in [-0.39, 0.29) is 27.4 Å². The second-order valence-corrected chi connectivity index (χ2v) is 5.90. The number of halogens is 1. The molecule has 0 N–H and O–H groups in total. The Balaban J connectivity index is 2.72. The highest BCUT2D eigenvalue weighted by Crippen LogP contribution is 2.29. The standard InChI is InChI=1S/C18H14ClNO5/c1-10(21)17(11(2)22)13-8-7-12(20(24)25)9-15(13)18(23)14-5-3-4-6-16(14)19/h3-9,17H,1-2H3. The molecule has 0 fully saturated rings. The molecule has 2 aromatic rings. The average Bonchev–Trinajstić information content (AvgIpc) is 2.54. The van der Waals surface area contributed by atoms with Crippen LogP contribution < -0.4 is 0 Å². The molecule has 0 aromatic heterocycles. The van der Waals surface area contributed by atoms with Crippen molar-refractivity contribution in [3.05, 3.63) is 74.3 Å². The summed E-state index contributed by atoms with van der Waals surface area (Å²) in [6.45, 7) is 2.47. The number of nitro groups is 1. The Bertz CT molecular complexity index is 877. The molecule has 0 unspecified atom stereocenters. The Morgan fingerprint density at radius 1 is 1.00 bits per heavy atom. The summed E-state index contributed by atoms with van der Waals surface area (Å²) < 4.78 is 0. The first-order valence-corrected chi connectivity index (χ1v) is 7.70. The van der Waals surface area contributed by atoms with Crippen molar-refractivity contribution in [3.63, 3.8) is 0 Å². The molecule has 0 heterocycles. The number of Topliss-reactive ketones (excluding diaryl/α,β-unsaturated/α-hetero) is 2. The zero-order valence-electron chi connectivity index (χ0n) is 13.5. The number of hydrogen-bond donors (Lipinski definition) is 0. The third-order valence-corrected chi connectivity index (χ3v) is 4.06. The van der Waals surface area contributed by atoms with Crippen molar-refractivity contribution >= 4 is 34.6 Å². The zero-order chi connectivity index (χ0) is 18.7. The molecule has 2 rings (SSSR count). The third-order valence-electron chi connectivity index (χ3n) is 3.73. The van der Waals surface area contributed by atoms with Crippen molar-refractivity contribution in [2.45, 2.75) is 19.8 Å². The van der Waals surface area contributed by atoms with Crippen LogP contribution in [0.15, 0.2) is 42.5 Å². The Morgan fingerprint density at radius 2 is 1.60 bits per heavy atom. The van der Waals surface area contributed by atoms with Gasteiger partial charge in [0.1, 0.15) is 17.5 Å². The highest BCUT2D eigenvalue weighted by Gasteiger charge is 2.29. The first kappa shape index (κ1) is 18.5. The van der Waals surface area contributed by atoms with Crippen molar-refractivity contribution in [1.82, 2.24) is 0 Å². The normalized spacial score (nSPS) is 10.6. The molecule has 0 atom stereocenters. The number of ketones is 3. The number of carbonyl (C=O) groups is 3. The Labute approximate surface area is 148 Å². The number of benzene rings is 2. The number of nitrogens with zero attached hydrogens (tertiary/aromatic N) is 1. The van der Waals surface area contributed by atoms with Crippen LogP contribution in [0.1, 0.15) is 41.3 Å². The van der Waals surface area contributed by atoms with Gasteiger partial charge in [-0.25, -0.2) is 0 Å². The summed E-state index contributed by atoms with van der Waals surface area (Å²) in [5, 5.41) is 11.2. The molecule has 6 nitrogen and oxygen atoms in total. The molecular weight excluding hydrogens is 346 g/mol. The number of hydrogen-bond acceptors (Lipinski definition) is 5. The highest BCUT2D eigenvalue weighted by molar-refractivity contribution is 6.35. The molecule has 0 aliphatic rings. The molecular formula is C18H14ClNO5. The van der Waals surface area contributed by atoms with Gasteiger partial charge in [-0.1, -0.05) is 29.8 Å². The lowest BCUT2D eigenvalue weighted by atomic mass is 9.85. The van der Waals surface area contributed by atoms with E-state index >= 15 is 0 Å². The van der Waals surface area contributed by atoms with Crippen LogP contribution in [-0.2, 0) is 9.59 Å². The topological polar surface area (TPSA) is 94.3 Å². The maximum atomic E-state index is 12.9. The van der Waals surface area contributed by atoms with Gasteiger partial charge in [0.25, 0.3) is 5.69 Å². The van der Waals surface area contributed by atoms with E-state index < -0.39 is 28.2 Å². The van der Waals surface area contributed by atoms with E-state index in [4.69, 9.17) is 11.6 Å². The Morgan fingerprint density at radius 3 is 2.12 bits per heavy atom. The maximum Gasteiger partial charge on any atom is 0.270 e. The van der Waals surface area contributed by atoms with Crippen molar-refractivity contribution in [1.29, 1.82) is 0 Å². The van der Waals surface area contributed by atoms with Gasteiger partial charge in [0.2, 0.25) is 0 Å². The molecule has 128 valence electrons. The van der Waals surface area contributed by atoms with Crippen LogP contribution in [0.25, 0.3) is 0 Å². The molecule has 0 aliphatic heterocycles. The van der Waals surface area contributed by atoms with E-state index in [1.807, 2.05) is 0 Å². The quantitative estimate of drug-likeness (QED) is 0.339. The fourth-order valence-corrected chi connectivity index (χ4v) is 2.84. The third kappa shape index (κ3) is 3.80. The lowest BCUT2D eigenvalue weighted by Crippen LogP contribution is -2.20. The van der Waals surface area contributed by atoms with Gasteiger partial charge in [-0.15, -0.1) is 0 Å². The Hall–Kier alpha value is -2.86. The molecule has 0 saturated heterocycles. The fraction of sp³-hybridized carbons (Fsp3) is 0.167. The van der Waals surface area contributed by atoms with Crippen molar-refractivity contribution < 1.29 is 19.3 Å². The van der Waals surface area contributed by atoms with Crippen molar-refractivity contribution in [2.24, 2.45) is 0 Å². The SMILES string of the molecule is CC(=O)C(C(C)=O)c1ccc([N+](=O)[O-])cc1C(=O)c1ccccc1Cl.